The van der Waals surface area contributed by atoms with Crippen LogP contribution in [0, 0.1) is 23.7 Å². The number of hydrogen-bond donors (Lipinski definition) is 1. The van der Waals surface area contributed by atoms with Crippen molar-refractivity contribution in [1.82, 2.24) is 0 Å². The molecule has 0 heterocycles. The van der Waals surface area contributed by atoms with Gasteiger partial charge >= 0.3 is 0 Å². The first kappa shape index (κ1) is 8.62. The molecule has 0 aromatic rings. The van der Waals surface area contributed by atoms with E-state index in [0.29, 0.717) is 5.92 Å². The Morgan fingerprint density at radius 1 is 1.45 bits per heavy atom. The van der Waals surface area contributed by atoms with E-state index in [0.717, 1.165) is 12.8 Å². The average molecular weight is 152 g/mol. The van der Waals surface area contributed by atoms with Gasteiger partial charge in [0.2, 0.25) is 0 Å². The lowest BCUT2D eigenvalue weighted by Crippen LogP contribution is -2.37. The number of aliphatic hydroxyl groups is 1. The quantitative estimate of drug-likeness (QED) is 0.525. The third-order valence-corrected chi connectivity index (χ3v) is 2.86. The third kappa shape index (κ3) is 1.16. The molecule has 0 amide bonds. The first-order valence-corrected chi connectivity index (χ1v) is 4.11. The molecule has 1 N–H and O–H groups in total. The molecule has 0 spiro atoms. The van der Waals surface area contributed by atoms with Gasteiger partial charge in [-0.1, -0.05) is 26.7 Å². The second-order valence-corrected chi connectivity index (χ2v) is 4.40. The minimum absolute atomic E-state index is 0.110. The van der Waals surface area contributed by atoms with Gasteiger partial charge < -0.3 is 5.11 Å². The lowest BCUT2D eigenvalue weighted by molar-refractivity contribution is 0.0117. The molecule has 1 aliphatic rings. The Balaban J connectivity index is 2.92. The predicted octanol–water partition coefficient (Wildman–Crippen LogP) is 1.81. The van der Waals surface area contributed by atoms with E-state index in [1.807, 2.05) is 13.8 Å². The molecule has 0 aliphatic heterocycles. The molecule has 0 aromatic carbocycles. The Kier molecular flexibility index (Phi) is 1.76. The van der Waals surface area contributed by atoms with Crippen LogP contribution in [0.25, 0.3) is 0 Å². The molecule has 1 rings (SSSR count). The van der Waals surface area contributed by atoms with E-state index in [-0.39, 0.29) is 5.41 Å². The summed E-state index contributed by atoms with van der Waals surface area (Å²) in [5, 5.41) is 9.96. The van der Waals surface area contributed by atoms with Crippen LogP contribution in [0.2, 0.25) is 0 Å². The predicted molar refractivity (Wildman–Crippen MR) is 46.0 cm³/mol. The van der Waals surface area contributed by atoms with E-state index < -0.39 is 5.60 Å². The summed E-state index contributed by atoms with van der Waals surface area (Å²) in [6.45, 7) is 6.21. The maximum absolute atomic E-state index is 9.96. The standard InChI is InChI=1S/C10H16O/c1-5-10(11)7-8(2)6-9(10,3)4/h1,8,11H,6-7H2,2-4H3. The second kappa shape index (κ2) is 2.25. The highest BCUT2D eigenvalue weighted by Gasteiger charge is 2.49. The summed E-state index contributed by atoms with van der Waals surface area (Å²) in [6.07, 6.45) is 7.07. The molecule has 1 fully saturated rings. The Morgan fingerprint density at radius 2 is 2.00 bits per heavy atom. The lowest BCUT2D eigenvalue weighted by atomic mass is 9.78. The molecule has 11 heavy (non-hydrogen) atoms. The number of rotatable bonds is 0. The summed E-state index contributed by atoms with van der Waals surface area (Å²) < 4.78 is 0. The van der Waals surface area contributed by atoms with Gasteiger partial charge in [0.15, 0.2) is 0 Å². The van der Waals surface area contributed by atoms with Gasteiger partial charge in [-0.05, 0) is 18.8 Å². The Labute approximate surface area is 68.8 Å². The van der Waals surface area contributed by atoms with Crippen molar-refractivity contribution >= 4 is 0 Å². The highest BCUT2D eigenvalue weighted by Crippen LogP contribution is 2.48. The molecule has 1 saturated carbocycles. The van der Waals surface area contributed by atoms with E-state index in [1.165, 1.54) is 0 Å². The fourth-order valence-corrected chi connectivity index (χ4v) is 2.15. The van der Waals surface area contributed by atoms with E-state index in [9.17, 15) is 5.11 Å². The molecule has 2 unspecified atom stereocenters. The summed E-state index contributed by atoms with van der Waals surface area (Å²) in [5.41, 5.74) is -0.979. The Hall–Kier alpha value is -0.480. The van der Waals surface area contributed by atoms with Crippen LogP contribution in [0.1, 0.15) is 33.6 Å². The molecule has 0 bridgehead atoms. The number of hydrogen-bond acceptors (Lipinski definition) is 1. The molecule has 0 aromatic heterocycles. The molecule has 2 atom stereocenters. The zero-order chi connectivity index (χ0) is 8.70. The van der Waals surface area contributed by atoms with Crippen LogP contribution in [0.3, 0.4) is 0 Å². The molecule has 1 heteroatoms. The molecule has 0 radical (unpaired) electrons. The smallest absolute Gasteiger partial charge is 0.130 e. The summed E-state index contributed by atoms with van der Waals surface area (Å²) in [7, 11) is 0. The monoisotopic (exact) mass is 152 g/mol. The molecule has 1 aliphatic carbocycles. The first-order valence-electron chi connectivity index (χ1n) is 4.11. The van der Waals surface area contributed by atoms with Gasteiger partial charge in [0.1, 0.15) is 5.60 Å². The van der Waals surface area contributed by atoms with Crippen molar-refractivity contribution < 1.29 is 5.11 Å². The maximum atomic E-state index is 9.96. The molecule has 62 valence electrons. The van der Waals surface area contributed by atoms with Crippen molar-refractivity contribution in [2.75, 3.05) is 0 Å². The van der Waals surface area contributed by atoms with Crippen molar-refractivity contribution in [2.45, 2.75) is 39.2 Å². The topological polar surface area (TPSA) is 20.2 Å². The van der Waals surface area contributed by atoms with Crippen molar-refractivity contribution in [2.24, 2.45) is 11.3 Å². The van der Waals surface area contributed by atoms with Crippen LogP contribution < -0.4 is 0 Å². The van der Waals surface area contributed by atoms with Crippen molar-refractivity contribution in [3.05, 3.63) is 0 Å². The van der Waals surface area contributed by atoms with Gasteiger partial charge in [-0.3, -0.25) is 0 Å². The lowest BCUT2D eigenvalue weighted by Gasteiger charge is -2.31. The van der Waals surface area contributed by atoms with Crippen LogP contribution in [0.5, 0.6) is 0 Å². The van der Waals surface area contributed by atoms with Gasteiger partial charge in [-0.15, -0.1) is 6.42 Å². The van der Waals surface area contributed by atoms with Gasteiger partial charge in [-0.2, -0.15) is 0 Å². The van der Waals surface area contributed by atoms with Crippen LogP contribution in [-0.4, -0.2) is 10.7 Å². The minimum Gasteiger partial charge on any atom is -0.377 e. The molecule has 0 saturated heterocycles. The highest BCUT2D eigenvalue weighted by molar-refractivity contribution is 5.18. The second-order valence-electron chi connectivity index (χ2n) is 4.40. The number of terminal acetylenes is 1. The highest BCUT2D eigenvalue weighted by atomic mass is 16.3. The van der Waals surface area contributed by atoms with E-state index in [1.54, 1.807) is 0 Å². The zero-order valence-electron chi connectivity index (χ0n) is 7.52. The summed E-state index contributed by atoms with van der Waals surface area (Å²) in [5.74, 6) is 3.06. The Morgan fingerprint density at radius 3 is 2.18 bits per heavy atom. The largest absolute Gasteiger partial charge is 0.377 e. The fraction of sp³-hybridized carbons (Fsp3) is 0.800. The zero-order valence-corrected chi connectivity index (χ0v) is 7.52. The molecular weight excluding hydrogens is 136 g/mol. The summed E-state index contributed by atoms with van der Waals surface area (Å²) >= 11 is 0. The molecular formula is C10H16O. The fourth-order valence-electron chi connectivity index (χ4n) is 2.15. The van der Waals surface area contributed by atoms with Crippen molar-refractivity contribution in [1.29, 1.82) is 0 Å². The van der Waals surface area contributed by atoms with Crippen LogP contribution >= 0.6 is 0 Å². The average Bonchev–Trinajstić information content (AvgIpc) is 2.03. The van der Waals surface area contributed by atoms with Gasteiger partial charge in [0.25, 0.3) is 0 Å². The van der Waals surface area contributed by atoms with Crippen molar-refractivity contribution in [3.63, 3.8) is 0 Å². The Bertz CT molecular complexity index is 199. The minimum atomic E-state index is -0.869. The van der Waals surface area contributed by atoms with Crippen LogP contribution in [-0.2, 0) is 0 Å². The summed E-state index contributed by atoms with van der Waals surface area (Å²) in [6, 6.07) is 0. The molecule has 1 nitrogen and oxygen atoms in total. The summed E-state index contributed by atoms with van der Waals surface area (Å²) in [4.78, 5) is 0. The van der Waals surface area contributed by atoms with E-state index in [4.69, 9.17) is 6.42 Å². The normalized spacial score (nSPS) is 41.9. The van der Waals surface area contributed by atoms with Gasteiger partial charge in [0, 0.05) is 5.41 Å². The third-order valence-electron chi connectivity index (χ3n) is 2.86. The van der Waals surface area contributed by atoms with Gasteiger partial charge in [0.05, 0.1) is 0 Å². The van der Waals surface area contributed by atoms with E-state index in [2.05, 4.69) is 12.8 Å². The maximum Gasteiger partial charge on any atom is 0.130 e. The van der Waals surface area contributed by atoms with Crippen LogP contribution in [0.15, 0.2) is 0 Å². The van der Waals surface area contributed by atoms with Gasteiger partial charge in [-0.25, -0.2) is 0 Å². The van der Waals surface area contributed by atoms with Crippen molar-refractivity contribution in [3.8, 4) is 12.3 Å². The SMILES string of the molecule is C#CC1(O)CC(C)CC1(C)C. The van der Waals surface area contributed by atoms with Crippen LogP contribution in [0.4, 0.5) is 0 Å². The first-order chi connectivity index (χ1) is 4.91. The van der Waals surface area contributed by atoms with E-state index >= 15 is 0 Å².